The van der Waals surface area contributed by atoms with Crippen LogP contribution in [0.3, 0.4) is 0 Å². The third-order valence-electron chi connectivity index (χ3n) is 4.88. The van der Waals surface area contributed by atoms with Crippen molar-refractivity contribution in [3.63, 3.8) is 0 Å². The molecular weight excluding hydrogens is 262 g/mol. The molecule has 0 spiro atoms. The molecule has 4 nitrogen and oxygen atoms in total. The fourth-order valence-corrected chi connectivity index (χ4v) is 3.53. The normalized spacial score (nSPS) is 33.6. The van der Waals surface area contributed by atoms with Gasteiger partial charge in [-0.15, -0.1) is 0 Å². The Morgan fingerprint density at radius 3 is 2.76 bits per heavy atom. The van der Waals surface area contributed by atoms with Crippen molar-refractivity contribution in [2.45, 2.75) is 25.6 Å². The summed E-state index contributed by atoms with van der Waals surface area (Å²) in [5, 5.41) is 16.8. The van der Waals surface area contributed by atoms with E-state index < -0.39 is 0 Å². The maximum Gasteiger partial charge on any atom is 0.0716 e. The minimum atomic E-state index is -0.186. The summed E-state index contributed by atoms with van der Waals surface area (Å²) >= 11 is 0. The van der Waals surface area contributed by atoms with Crippen LogP contribution in [0.4, 0.5) is 0 Å². The molecule has 1 aromatic rings. The zero-order chi connectivity index (χ0) is 14.7. The van der Waals surface area contributed by atoms with Crippen LogP contribution in [0.1, 0.15) is 12.5 Å². The molecule has 2 aliphatic heterocycles. The number of nitrogens with zero attached hydrogens (tertiary/aromatic N) is 1. The Morgan fingerprint density at radius 1 is 1.24 bits per heavy atom. The molecule has 2 saturated heterocycles. The molecule has 2 heterocycles. The summed E-state index contributed by atoms with van der Waals surface area (Å²) in [5.74, 6) is 1.03. The maximum absolute atomic E-state index is 9.86. The number of β-amino-alcohol motifs (C(OH)–C–C–N with tert-alkyl or cyclic N) is 1. The molecule has 0 bridgehead atoms. The van der Waals surface area contributed by atoms with E-state index in [0.29, 0.717) is 17.9 Å². The van der Waals surface area contributed by atoms with E-state index in [0.717, 1.165) is 39.3 Å². The number of rotatable bonds is 5. The number of aliphatic hydroxyl groups is 1. The molecule has 0 aromatic heterocycles. The van der Waals surface area contributed by atoms with Crippen LogP contribution in [-0.2, 0) is 6.54 Å². The third-order valence-corrected chi connectivity index (χ3v) is 4.88. The number of likely N-dealkylation sites (tertiary alicyclic amines) is 1. The van der Waals surface area contributed by atoms with Crippen LogP contribution >= 0.6 is 0 Å². The minimum Gasteiger partial charge on any atom is -0.391 e. The van der Waals surface area contributed by atoms with Gasteiger partial charge in [-0.05, 0) is 11.5 Å². The van der Waals surface area contributed by atoms with Gasteiger partial charge in [-0.2, -0.15) is 0 Å². The molecule has 0 radical (unpaired) electrons. The maximum atomic E-state index is 9.86. The van der Waals surface area contributed by atoms with Gasteiger partial charge in [0.25, 0.3) is 0 Å². The summed E-state index contributed by atoms with van der Waals surface area (Å²) in [4.78, 5) is 2.53. The third kappa shape index (κ3) is 3.83. The van der Waals surface area contributed by atoms with Gasteiger partial charge in [-0.3, -0.25) is 4.90 Å². The first-order valence-corrected chi connectivity index (χ1v) is 8.11. The van der Waals surface area contributed by atoms with Gasteiger partial charge in [0.2, 0.25) is 0 Å². The lowest BCUT2D eigenvalue weighted by Crippen LogP contribution is -2.41. The molecule has 0 saturated carbocycles. The van der Waals surface area contributed by atoms with Gasteiger partial charge in [0.1, 0.15) is 0 Å². The first-order valence-electron chi connectivity index (χ1n) is 8.11. The first-order chi connectivity index (χ1) is 10.2. The Bertz CT molecular complexity index is 439. The molecule has 4 heteroatoms. The Kier molecular flexibility index (Phi) is 4.91. The molecule has 21 heavy (non-hydrogen) atoms. The largest absolute Gasteiger partial charge is 0.391 e. The highest BCUT2D eigenvalue weighted by Gasteiger charge is 2.31. The van der Waals surface area contributed by atoms with E-state index in [1.165, 1.54) is 5.56 Å². The summed E-state index contributed by atoms with van der Waals surface area (Å²) in [7, 11) is 0. The molecule has 3 rings (SSSR count). The molecule has 116 valence electrons. The van der Waals surface area contributed by atoms with Crippen molar-refractivity contribution in [3.8, 4) is 0 Å². The smallest absolute Gasteiger partial charge is 0.0716 e. The van der Waals surface area contributed by atoms with E-state index in [-0.39, 0.29) is 6.10 Å². The van der Waals surface area contributed by atoms with Crippen LogP contribution in [0.25, 0.3) is 0 Å². The molecule has 2 aliphatic rings. The van der Waals surface area contributed by atoms with Gasteiger partial charge in [-0.25, -0.2) is 0 Å². The predicted octanol–water partition coefficient (Wildman–Crippen LogP) is 0.677. The van der Waals surface area contributed by atoms with Crippen molar-refractivity contribution in [2.24, 2.45) is 11.8 Å². The Morgan fingerprint density at radius 2 is 2.05 bits per heavy atom. The molecule has 3 N–H and O–H groups in total. The molecule has 1 aromatic carbocycles. The van der Waals surface area contributed by atoms with E-state index in [2.05, 4.69) is 52.8 Å². The van der Waals surface area contributed by atoms with Crippen LogP contribution in [0, 0.1) is 11.8 Å². The average Bonchev–Trinajstić information content (AvgIpc) is 3.04. The number of benzene rings is 1. The van der Waals surface area contributed by atoms with E-state index in [1.54, 1.807) is 0 Å². The van der Waals surface area contributed by atoms with Crippen molar-refractivity contribution >= 4 is 0 Å². The summed E-state index contributed by atoms with van der Waals surface area (Å²) in [6, 6.07) is 11.2. The summed E-state index contributed by atoms with van der Waals surface area (Å²) < 4.78 is 0. The SMILES string of the molecule is CC1CN(Cc2ccccc2)CC1NCC1CNCC1O. The van der Waals surface area contributed by atoms with Gasteiger partial charge in [-0.1, -0.05) is 37.3 Å². The molecule has 4 atom stereocenters. The minimum absolute atomic E-state index is 0.186. The van der Waals surface area contributed by atoms with Crippen molar-refractivity contribution in [2.75, 3.05) is 32.7 Å². The van der Waals surface area contributed by atoms with E-state index in [1.807, 2.05) is 0 Å². The van der Waals surface area contributed by atoms with Crippen LogP contribution < -0.4 is 10.6 Å². The van der Waals surface area contributed by atoms with Crippen LogP contribution in [0.15, 0.2) is 30.3 Å². The number of hydrogen-bond acceptors (Lipinski definition) is 4. The van der Waals surface area contributed by atoms with Crippen molar-refractivity contribution in [3.05, 3.63) is 35.9 Å². The lowest BCUT2D eigenvalue weighted by atomic mass is 10.0. The molecule has 0 amide bonds. The number of nitrogens with one attached hydrogen (secondary N) is 2. The fraction of sp³-hybridized carbons (Fsp3) is 0.647. The van der Waals surface area contributed by atoms with Crippen LogP contribution in [0.2, 0.25) is 0 Å². The lowest BCUT2D eigenvalue weighted by Gasteiger charge is -2.21. The predicted molar refractivity (Wildman–Crippen MR) is 85.0 cm³/mol. The topological polar surface area (TPSA) is 47.5 Å². The Hall–Kier alpha value is -0.940. The van der Waals surface area contributed by atoms with Crippen LogP contribution in [0.5, 0.6) is 0 Å². The molecular formula is C17H27N3O. The van der Waals surface area contributed by atoms with E-state index in [9.17, 15) is 5.11 Å². The van der Waals surface area contributed by atoms with E-state index in [4.69, 9.17) is 0 Å². The second-order valence-electron chi connectivity index (χ2n) is 6.66. The Balaban J connectivity index is 1.47. The molecule has 4 unspecified atom stereocenters. The first kappa shape index (κ1) is 15.0. The second kappa shape index (κ2) is 6.88. The van der Waals surface area contributed by atoms with Crippen LogP contribution in [-0.4, -0.2) is 54.9 Å². The highest BCUT2D eigenvalue weighted by Crippen LogP contribution is 2.19. The van der Waals surface area contributed by atoms with Gasteiger partial charge in [0.15, 0.2) is 0 Å². The molecule has 0 aliphatic carbocycles. The summed E-state index contributed by atoms with van der Waals surface area (Å²) in [5.41, 5.74) is 1.39. The second-order valence-corrected chi connectivity index (χ2v) is 6.66. The van der Waals surface area contributed by atoms with Crippen molar-refractivity contribution < 1.29 is 5.11 Å². The Labute approximate surface area is 127 Å². The standard InChI is InChI=1S/C17H27N3O/c1-13-10-20(11-14-5-3-2-4-6-14)12-16(13)19-8-15-7-18-9-17(15)21/h2-6,13,15-19,21H,7-12H2,1H3. The van der Waals surface area contributed by atoms with Crippen molar-refractivity contribution in [1.82, 2.24) is 15.5 Å². The lowest BCUT2D eigenvalue weighted by molar-refractivity contribution is 0.143. The van der Waals surface area contributed by atoms with E-state index >= 15 is 0 Å². The monoisotopic (exact) mass is 289 g/mol. The highest BCUT2D eigenvalue weighted by molar-refractivity contribution is 5.14. The van der Waals surface area contributed by atoms with Gasteiger partial charge < -0.3 is 15.7 Å². The zero-order valence-electron chi connectivity index (χ0n) is 12.8. The number of aliphatic hydroxyl groups excluding tert-OH is 1. The summed E-state index contributed by atoms with van der Waals surface area (Å²) in [6.45, 7) is 8.21. The van der Waals surface area contributed by atoms with Crippen molar-refractivity contribution in [1.29, 1.82) is 0 Å². The fourth-order valence-electron chi connectivity index (χ4n) is 3.53. The van der Waals surface area contributed by atoms with Gasteiger partial charge >= 0.3 is 0 Å². The highest BCUT2D eigenvalue weighted by atomic mass is 16.3. The van der Waals surface area contributed by atoms with Gasteiger partial charge in [0, 0.05) is 51.2 Å². The quantitative estimate of drug-likeness (QED) is 0.746. The van der Waals surface area contributed by atoms with Gasteiger partial charge in [0.05, 0.1) is 6.10 Å². The molecule has 2 fully saturated rings. The average molecular weight is 289 g/mol. The summed E-state index contributed by atoms with van der Waals surface area (Å²) in [6.07, 6.45) is -0.186. The number of hydrogen-bond donors (Lipinski definition) is 3. The zero-order valence-corrected chi connectivity index (χ0v) is 12.8.